The van der Waals surface area contributed by atoms with Crippen LogP contribution in [0.25, 0.3) is 10.9 Å². The summed E-state index contributed by atoms with van der Waals surface area (Å²) in [4.78, 5) is 8.85. The summed E-state index contributed by atoms with van der Waals surface area (Å²) in [5.41, 5.74) is 6.80. The molecule has 6 heteroatoms. The second kappa shape index (κ2) is 10.3. The third-order valence-electron chi connectivity index (χ3n) is 3.32. The van der Waals surface area contributed by atoms with Crippen molar-refractivity contribution < 1.29 is 0 Å². The van der Waals surface area contributed by atoms with Crippen molar-refractivity contribution in [1.82, 2.24) is 10.3 Å². The molecule has 1 aromatic heterocycles. The van der Waals surface area contributed by atoms with Crippen LogP contribution in [-0.4, -0.2) is 30.6 Å². The monoisotopic (exact) mass is 427 g/mol. The molecular formula is C17H26IN5. The van der Waals surface area contributed by atoms with Crippen LogP contribution in [0.5, 0.6) is 0 Å². The fraction of sp³-hybridized carbons (Fsp3) is 0.412. The molecule has 0 saturated heterocycles. The Kier molecular flexibility index (Phi) is 8.68. The zero-order valence-electron chi connectivity index (χ0n) is 13.7. The van der Waals surface area contributed by atoms with Gasteiger partial charge in [-0.15, -0.1) is 24.0 Å². The lowest BCUT2D eigenvalue weighted by Crippen LogP contribution is -2.35. The molecule has 0 bridgehead atoms. The van der Waals surface area contributed by atoms with Crippen molar-refractivity contribution in [1.29, 1.82) is 0 Å². The largest absolute Gasteiger partial charge is 0.370 e. The molecular weight excluding hydrogens is 401 g/mol. The number of hydrogen-bond acceptors (Lipinski definition) is 3. The second-order valence-electron chi connectivity index (χ2n) is 5.69. The molecule has 0 saturated carbocycles. The van der Waals surface area contributed by atoms with Crippen LogP contribution in [-0.2, 0) is 0 Å². The fourth-order valence-electron chi connectivity index (χ4n) is 2.04. The van der Waals surface area contributed by atoms with Crippen LogP contribution < -0.4 is 16.4 Å². The van der Waals surface area contributed by atoms with Crippen molar-refractivity contribution in [2.75, 3.05) is 25.0 Å². The van der Waals surface area contributed by atoms with Crippen LogP contribution in [0.4, 0.5) is 5.82 Å². The van der Waals surface area contributed by atoms with Crippen molar-refractivity contribution in [3.8, 4) is 0 Å². The molecule has 2 aromatic rings. The molecule has 5 nitrogen and oxygen atoms in total. The minimum atomic E-state index is 0. The lowest BCUT2D eigenvalue weighted by atomic mass is 10.1. The van der Waals surface area contributed by atoms with Gasteiger partial charge in [-0.2, -0.15) is 0 Å². The third kappa shape index (κ3) is 7.02. The van der Waals surface area contributed by atoms with Crippen LogP contribution in [0.1, 0.15) is 20.3 Å². The molecule has 0 aliphatic heterocycles. The first-order valence-electron chi connectivity index (χ1n) is 7.78. The first kappa shape index (κ1) is 19.5. The average molecular weight is 427 g/mol. The van der Waals surface area contributed by atoms with Crippen molar-refractivity contribution >= 4 is 46.7 Å². The van der Waals surface area contributed by atoms with Gasteiger partial charge in [0.05, 0.1) is 5.52 Å². The topological polar surface area (TPSA) is 75.3 Å². The molecule has 0 spiro atoms. The molecule has 0 amide bonds. The summed E-state index contributed by atoms with van der Waals surface area (Å²) in [6, 6.07) is 12.1. The van der Waals surface area contributed by atoms with E-state index in [1.54, 1.807) is 0 Å². The Bertz CT molecular complexity index is 627. The summed E-state index contributed by atoms with van der Waals surface area (Å²) in [5.74, 6) is 2.03. The van der Waals surface area contributed by atoms with Gasteiger partial charge in [-0.25, -0.2) is 4.98 Å². The lowest BCUT2D eigenvalue weighted by Gasteiger charge is -2.09. The molecule has 126 valence electrons. The number of benzene rings is 1. The summed E-state index contributed by atoms with van der Waals surface area (Å²) in [6.07, 6.45) is 1.06. The van der Waals surface area contributed by atoms with E-state index >= 15 is 0 Å². The van der Waals surface area contributed by atoms with E-state index in [0.29, 0.717) is 18.4 Å². The lowest BCUT2D eigenvalue weighted by molar-refractivity contribution is 0.595. The van der Waals surface area contributed by atoms with Gasteiger partial charge >= 0.3 is 0 Å². The Morgan fingerprint density at radius 3 is 2.74 bits per heavy atom. The third-order valence-corrected chi connectivity index (χ3v) is 3.32. The number of fused-ring (bicyclic) bond motifs is 1. The minimum absolute atomic E-state index is 0. The molecule has 2 rings (SSSR count). The van der Waals surface area contributed by atoms with Crippen LogP contribution in [0.2, 0.25) is 0 Å². The molecule has 0 aliphatic carbocycles. The normalized spacial score (nSPS) is 11.3. The van der Waals surface area contributed by atoms with Gasteiger partial charge in [-0.05, 0) is 30.5 Å². The summed E-state index contributed by atoms with van der Waals surface area (Å²) in [6.45, 7) is 6.59. The first-order valence-corrected chi connectivity index (χ1v) is 7.78. The highest BCUT2D eigenvalue weighted by molar-refractivity contribution is 14.0. The van der Waals surface area contributed by atoms with Gasteiger partial charge in [0.15, 0.2) is 5.96 Å². The number of aromatic nitrogens is 1. The van der Waals surface area contributed by atoms with Gasteiger partial charge in [0.2, 0.25) is 0 Å². The van der Waals surface area contributed by atoms with E-state index in [4.69, 9.17) is 5.73 Å². The Labute approximate surface area is 155 Å². The van der Waals surface area contributed by atoms with E-state index in [-0.39, 0.29) is 24.0 Å². The SMILES string of the molecule is CC(C)CCN=C(N)NCCNc1ccc2ccccc2n1.I. The molecule has 0 unspecified atom stereocenters. The highest BCUT2D eigenvalue weighted by Gasteiger charge is 1.98. The molecule has 0 aliphatic rings. The molecule has 0 fully saturated rings. The van der Waals surface area contributed by atoms with Gasteiger partial charge in [-0.3, -0.25) is 4.99 Å². The summed E-state index contributed by atoms with van der Waals surface area (Å²) >= 11 is 0. The molecule has 1 aromatic carbocycles. The highest BCUT2D eigenvalue weighted by atomic mass is 127. The summed E-state index contributed by atoms with van der Waals surface area (Å²) < 4.78 is 0. The number of guanidine groups is 1. The maximum Gasteiger partial charge on any atom is 0.188 e. The van der Waals surface area contributed by atoms with E-state index in [1.807, 2.05) is 24.3 Å². The number of nitrogens with two attached hydrogens (primary N) is 1. The first-order chi connectivity index (χ1) is 10.6. The van der Waals surface area contributed by atoms with Crippen LogP contribution in [0.3, 0.4) is 0 Å². The molecule has 23 heavy (non-hydrogen) atoms. The van der Waals surface area contributed by atoms with Gasteiger partial charge < -0.3 is 16.4 Å². The number of nitrogens with one attached hydrogen (secondary N) is 2. The number of rotatable bonds is 7. The number of aliphatic imine (C=N–C) groups is 1. The van der Waals surface area contributed by atoms with E-state index in [9.17, 15) is 0 Å². The average Bonchev–Trinajstić information content (AvgIpc) is 2.51. The van der Waals surface area contributed by atoms with E-state index in [1.165, 1.54) is 0 Å². The Morgan fingerprint density at radius 2 is 1.96 bits per heavy atom. The number of nitrogens with zero attached hydrogens (tertiary/aromatic N) is 2. The minimum Gasteiger partial charge on any atom is -0.370 e. The van der Waals surface area contributed by atoms with Gasteiger partial charge in [0, 0.05) is 25.0 Å². The maximum atomic E-state index is 5.81. The van der Waals surface area contributed by atoms with Gasteiger partial charge in [0.1, 0.15) is 5.82 Å². The van der Waals surface area contributed by atoms with Crippen molar-refractivity contribution in [3.05, 3.63) is 36.4 Å². The Hall–Kier alpha value is -1.57. The van der Waals surface area contributed by atoms with Crippen LogP contribution in [0, 0.1) is 5.92 Å². The molecule has 0 atom stereocenters. The predicted molar refractivity (Wildman–Crippen MR) is 110 cm³/mol. The van der Waals surface area contributed by atoms with E-state index < -0.39 is 0 Å². The van der Waals surface area contributed by atoms with Crippen molar-refractivity contribution in [2.24, 2.45) is 16.6 Å². The smallest absolute Gasteiger partial charge is 0.188 e. The van der Waals surface area contributed by atoms with Crippen molar-refractivity contribution in [3.63, 3.8) is 0 Å². The second-order valence-corrected chi connectivity index (χ2v) is 5.69. The number of hydrogen-bond donors (Lipinski definition) is 3. The Morgan fingerprint density at radius 1 is 1.17 bits per heavy atom. The summed E-state index contributed by atoms with van der Waals surface area (Å²) in [5, 5.41) is 7.53. The van der Waals surface area contributed by atoms with Gasteiger partial charge in [0.25, 0.3) is 0 Å². The zero-order chi connectivity index (χ0) is 15.8. The maximum absolute atomic E-state index is 5.81. The molecule has 4 N–H and O–H groups in total. The molecule has 0 radical (unpaired) electrons. The zero-order valence-corrected chi connectivity index (χ0v) is 16.1. The van der Waals surface area contributed by atoms with Crippen LogP contribution >= 0.6 is 24.0 Å². The number of para-hydroxylation sites is 1. The van der Waals surface area contributed by atoms with Gasteiger partial charge in [-0.1, -0.05) is 32.0 Å². The van der Waals surface area contributed by atoms with Crippen LogP contribution in [0.15, 0.2) is 41.4 Å². The predicted octanol–water partition coefficient (Wildman–Crippen LogP) is 3.22. The standard InChI is InChI=1S/C17H25N5.HI/c1-13(2)9-10-20-17(18)21-12-11-19-16-8-7-14-5-3-4-6-15(14)22-16;/h3-8,13H,9-12H2,1-2H3,(H,19,22)(H3,18,20,21);1H. The quantitative estimate of drug-likeness (QED) is 0.275. The van der Waals surface area contributed by atoms with Crippen molar-refractivity contribution in [2.45, 2.75) is 20.3 Å². The van der Waals surface area contributed by atoms with E-state index in [2.05, 4.69) is 46.6 Å². The fourth-order valence-corrected chi connectivity index (χ4v) is 2.04. The molecule has 1 heterocycles. The number of halogens is 1. The highest BCUT2D eigenvalue weighted by Crippen LogP contribution is 2.13. The number of pyridine rings is 1. The van der Waals surface area contributed by atoms with E-state index in [0.717, 1.165) is 36.2 Å². The Balaban J connectivity index is 0.00000264. The number of anilines is 1. The summed E-state index contributed by atoms with van der Waals surface area (Å²) in [7, 11) is 0.